The van der Waals surface area contributed by atoms with Crippen molar-refractivity contribution in [1.82, 2.24) is 5.32 Å². The van der Waals surface area contributed by atoms with Gasteiger partial charge in [0.2, 0.25) is 0 Å². The van der Waals surface area contributed by atoms with E-state index >= 15 is 0 Å². The van der Waals surface area contributed by atoms with Crippen molar-refractivity contribution in [2.45, 2.75) is 33.4 Å². The van der Waals surface area contributed by atoms with Crippen molar-refractivity contribution in [3.05, 3.63) is 59.7 Å². The fraction of sp³-hybridized carbons (Fsp3) is 0.316. The van der Waals surface area contributed by atoms with Gasteiger partial charge in [0.1, 0.15) is 5.75 Å². The van der Waals surface area contributed by atoms with E-state index in [1.807, 2.05) is 55.5 Å². The van der Waals surface area contributed by atoms with E-state index in [2.05, 4.69) is 17.6 Å². The number of hydrogen-bond acceptors (Lipinski definition) is 3. The van der Waals surface area contributed by atoms with Gasteiger partial charge in [0.25, 0.3) is 5.91 Å². The number of carbonyl (C=O) groups is 1. The minimum atomic E-state index is -0.561. The van der Waals surface area contributed by atoms with Gasteiger partial charge in [-0.2, -0.15) is 0 Å². The number of amides is 1. The van der Waals surface area contributed by atoms with Crippen molar-refractivity contribution >= 4 is 11.6 Å². The Morgan fingerprint density at radius 2 is 1.96 bits per heavy atom. The molecule has 0 radical (unpaired) electrons. The third-order valence-electron chi connectivity index (χ3n) is 3.45. The quantitative estimate of drug-likeness (QED) is 0.822. The maximum absolute atomic E-state index is 12.3. The second-order valence-corrected chi connectivity index (χ2v) is 5.55. The van der Waals surface area contributed by atoms with E-state index in [0.717, 1.165) is 29.9 Å². The second-order valence-electron chi connectivity index (χ2n) is 5.55. The Labute approximate surface area is 137 Å². The van der Waals surface area contributed by atoms with Crippen molar-refractivity contribution in [3.8, 4) is 5.75 Å². The summed E-state index contributed by atoms with van der Waals surface area (Å²) in [5.41, 5.74) is 3.02. The fourth-order valence-corrected chi connectivity index (χ4v) is 2.22. The molecule has 4 heteroatoms. The number of aryl methyl sites for hydroxylation is 1. The summed E-state index contributed by atoms with van der Waals surface area (Å²) in [6.07, 6.45) is -0.561. The summed E-state index contributed by atoms with van der Waals surface area (Å²) in [6, 6.07) is 15.5. The summed E-state index contributed by atoms with van der Waals surface area (Å²) in [4.78, 5) is 12.3. The van der Waals surface area contributed by atoms with Gasteiger partial charge in [0.15, 0.2) is 6.10 Å². The average Bonchev–Trinajstić information content (AvgIpc) is 2.53. The van der Waals surface area contributed by atoms with Crippen LogP contribution in [0.25, 0.3) is 0 Å². The van der Waals surface area contributed by atoms with Crippen LogP contribution in [0.4, 0.5) is 5.69 Å². The van der Waals surface area contributed by atoms with Crippen LogP contribution >= 0.6 is 0 Å². The molecule has 0 saturated heterocycles. The van der Waals surface area contributed by atoms with Crippen molar-refractivity contribution < 1.29 is 9.53 Å². The van der Waals surface area contributed by atoms with Crippen LogP contribution in [0.15, 0.2) is 48.5 Å². The molecule has 0 spiro atoms. The third-order valence-corrected chi connectivity index (χ3v) is 3.45. The molecule has 0 fully saturated rings. The number of benzene rings is 2. The molecule has 0 bridgehead atoms. The number of nitrogens with one attached hydrogen (secondary N) is 2. The predicted molar refractivity (Wildman–Crippen MR) is 93.7 cm³/mol. The maximum atomic E-state index is 12.3. The first kappa shape index (κ1) is 17.0. The molecule has 0 heterocycles. The van der Waals surface area contributed by atoms with Gasteiger partial charge in [-0.15, -0.1) is 0 Å². The average molecular weight is 312 g/mol. The van der Waals surface area contributed by atoms with Crippen molar-refractivity contribution in [2.24, 2.45) is 0 Å². The molecule has 0 aromatic heterocycles. The van der Waals surface area contributed by atoms with E-state index in [1.165, 1.54) is 0 Å². The van der Waals surface area contributed by atoms with Gasteiger partial charge in [-0.05, 0) is 55.8 Å². The number of rotatable bonds is 7. The van der Waals surface area contributed by atoms with Gasteiger partial charge in [-0.3, -0.25) is 4.79 Å². The number of anilines is 1. The van der Waals surface area contributed by atoms with Gasteiger partial charge in [-0.1, -0.05) is 31.2 Å². The Morgan fingerprint density at radius 1 is 1.17 bits per heavy atom. The topological polar surface area (TPSA) is 50.4 Å². The van der Waals surface area contributed by atoms with Crippen molar-refractivity contribution in [1.29, 1.82) is 0 Å². The Balaban J connectivity index is 1.95. The van der Waals surface area contributed by atoms with Gasteiger partial charge in [0.05, 0.1) is 0 Å². The summed E-state index contributed by atoms with van der Waals surface area (Å²) in [6.45, 7) is 7.51. The zero-order valence-corrected chi connectivity index (χ0v) is 13.9. The molecule has 1 amide bonds. The predicted octanol–water partition coefficient (Wildman–Crippen LogP) is 3.51. The highest BCUT2D eigenvalue weighted by Gasteiger charge is 2.15. The molecule has 2 N–H and O–H groups in total. The van der Waals surface area contributed by atoms with E-state index in [4.69, 9.17) is 4.74 Å². The Kier molecular flexibility index (Phi) is 6.18. The lowest BCUT2D eigenvalue weighted by atomic mass is 10.2. The van der Waals surface area contributed by atoms with Gasteiger partial charge in [0, 0.05) is 12.2 Å². The Morgan fingerprint density at radius 3 is 2.70 bits per heavy atom. The van der Waals surface area contributed by atoms with Crippen LogP contribution in [-0.2, 0) is 11.3 Å². The standard InChI is InChI=1S/C19H24N2O2/c1-4-20-13-16-8-6-9-17(12-16)21-19(22)15(3)23-18-10-5-7-14(2)11-18/h5-12,15,20H,4,13H2,1-3H3,(H,21,22). The van der Waals surface area contributed by atoms with Crippen LogP contribution in [0, 0.1) is 6.92 Å². The van der Waals surface area contributed by atoms with Gasteiger partial charge >= 0.3 is 0 Å². The summed E-state index contributed by atoms with van der Waals surface area (Å²) >= 11 is 0. The Hall–Kier alpha value is -2.33. The smallest absolute Gasteiger partial charge is 0.265 e. The van der Waals surface area contributed by atoms with Gasteiger partial charge in [-0.25, -0.2) is 0 Å². The highest BCUT2D eigenvalue weighted by atomic mass is 16.5. The molecule has 122 valence electrons. The molecule has 2 aromatic rings. The number of hydrogen-bond donors (Lipinski definition) is 2. The van der Waals surface area contributed by atoms with Crippen molar-refractivity contribution in [2.75, 3.05) is 11.9 Å². The summed E-state index contributed by atoms with van der Waals surface area (Å²) in [5.74, 6) is 0.542. The highest BCUT2D eigenvalue weighted by Crippen LogP contribution is 2.16. The molecule has 23 heavy (non-hydrogen) atoms. The maximum Gasteiger partial charge on any atom is 0.265 e. The first-order chi connectivity index (χ1) is 11.1. The molecule has 2 aromatic carbocycles. The van der Waals surface area contributed by atoms with Crippen LogP contribution in [0.5, 0.6) is 5.75 Å². The third kappa shape index (κ3) is 5.42. The minimum Gasteiger partial charge on any atom is -0.481 e. The SMILES string of the molecule is CCNCc1cccc(NC(=O)C(C)Oc2cccc(C)c2)c1. The monoisotopic (exact) mass is 312 g/mol. The molecular formula is C19H24N2O2. The van der Waals surface area contributed by atoms with Crippen LogP contribution in [0.3, 0.4) is 0 Å². The van der Waals surface area contributed by atoms with E-state index in [9.17, 15) is 4.79 Å². The molecule has 0 aliphatic carbocycles. The fourth-order valence-electron chi connectivity index (χ4n) is 2.22. The van der Waals surface area contributed by atoms with E-state index in [-0.39, 0.29) is 5.91 Å². The number of carbonyl (C=O) groups excluding carboxylic acids is 1. The molecule has 1 unspecified atom stereocenters. The lowest BCUT2D eigenvalue weighted by molar-refractivity contribution is -0.122. The molecule has 4 nitrogen and oxygen atoms in total. The van der Waals surface area contributed by atoms with E-state index in [0.29, 0.717) is 5.75 Å². The molecular weight excluding hydrogens is 288 g/mol. The molecule has 1 atom stereocenters. The zero-order chi connectivity index (χ0) is 16.7. The first-order valence-corrected chi connectivity index (χ1v) is 7.92. The normalized spacial score (nSPS) is 11.8. The minimum absolute atomic E-state index is 0.160. The van der Waals surface area contributed by atoms with Crippen LogP contribution < -0.4 is 15.4 Å². The van der Waals surface area contributed by atoms with Crippen LogP contribution in [0.2, 0.25) is 0 Å². The van der Waals surface area contributed by atoms with Crippen LogP contribution in [0.1, 0.15) is 25.0 Å². The summed E-state index contributed by atoms with van der Waals surface area (Å²) in [7, 11) is 0. The molecule has 0 aliphatic heterocycles. The molecule has 0 saturated carbocycles. The molecule has 0 aliphatic rings. The summed E-state index contributed by atoms with van der Waals surface area (Å²) in [5, 5.41) is 6.17. The first-order valence-electron chi connectivity index (χ1n) is 7.92. The lowest BCUT2D eigenvalue weighted by Gasteiger charge is -2.15. The second kappa shape index (κ2) is 8.34. The van der Waals surface area contributed by atoms with E-state index < -0.39 is 6.10 Å². The molecule has 2 rings (SSSR count). The van der Waals surface area contributed by atoms with Crippen molar-refractivity contribution in [3.63, 3.8) is 0 Å². The zero-order valence-electron chi connectivity index (χ0n) is 13.9. The van der Waals surface area contributed by atoms with Gasteiger partial charge < -0.3 is 15.4 Å². The number of ether oxygens (including phenoxy) is 1. The summed E-state index contributed by atoms with van der Waals surface area (Å²) < 4.78 is 5.70. The largest absolute Gasteiger partial charge is 0.481 e. The lowest BCUT2D eigenvalue weighted by Crippen LogP contribution is -2.30. The van der Waals surface area contributed by atoms with E-state index in [1.54, 1.807) is 6.92 Å². The van der Waals surface area contributed by atoms with Crippen LogP contribution in [-0.4, -0.2) is 18.6 Å². The Bertz CT molecular complexity index is 655. The highest BCUT2D eigenvalue weighted by molar-refractivity contribution is 5.94.